The second-order valence-corrected chi connectivity index (χ2v) is 9.65. The molecule has 2 heterocycles. The predicted octanol–water partition coefficient (Wildman–Crippen LogP) is 5.31. The quantitative estimate of drug-likeness (QED) is 0.408. The number of aromatic nitrogens is 3. The number of benzene rings is 1. The summed E-state index contributed by atoms with van der Waals surface area (Å²) >= 11 is 2.14. The average Bonchev–Trinajstić information content (AvgIpc) is 3.14. The lowest BCUT2D eigenvalue weighted by atomic mass is 9.90. The maximum Gasteiger partial charge on any atom is 0.433 e. The molecule has 0 bridgehead atoms. The zero-order chi connectivity index (χ0) is 23.8. The van der Waals surface area contributed by atoms with Crippen LogP contribution in [-0.2, 0) is 19.6 Å². The van der Waals surface area contributed by atoms with Gasteiger partial charge in [-0.3, -0.25) is 9.48 Å². The van der Waals surface area contributed by atoms with Crippen molar-refractivity contribution in [1.82, 2.24) is 20.1 Å². The number of nitrogens with one attached hydrogen (secondary N) is 2. The lowest BCUT2D eigenvalue weighted by Gasteiger charge is -2.31. The van der Waals surface area contributed by atoms with Crippen LogP contribution in [0.1, 0.15) is 54.4 Å². The summed E-state index contributed by atoms with van der Waals surface area (Å²) in [6.07, 6.45) is 0.982. The summed E-state index contributed by atoms with van der Waals surface area (Å²) in [5.74, 6) is -0.158. The highest BCUT2D eigenvalue weighted by molar-refractivity contribution is 14.1. The van der Waals surface area contributed by atoms with E-state index in [0.29, 0.717) is 35.0 Å². The van der Waals surface area contributed by atoms with Crippen LogP contribution in [0, 0.1) is 3.57 Å². The number of rotatable bonds is 5. The number of hydrogen-bond acceptors (Lipinski definition) is 4. The molecule has 0 spiro atoms. The summed E-state index contributed by atoms with van der Waals surface area (Å²) in [5.41, 5.74) is 1.13. The normalized spacial score (nSPS) is 19.0. The number of amides is 1. The number of aryl methyl sites for hydroxylation is 2. The minimum atomic E-state index is -4.53. The lowest BCUT2D eigenvalue weighted by Crippen LogP contribution is -2.42. The Morgan fingerprint density at radius 2 is 2.00 bits per heavy atom. The van der Waals surface area contributed by atoms with E-state index in [0.717, 1.165) is 34.6 Å². The van der Waals surface area contributed by atoms with Crippen molar-refractivity contribution >= 4 is 45.1 Å². The minimum absolute atomic E-state index is 0.0619. The molecule has 10 heteroatoms. The largest absolute Gasteiger partial charge is 0.433 e. The van der Waals surface area contributed by atoms with Crippen LogP contribution >= 0.6 is 22.6 Å². The highest BCUT2D eigenvalue weighted by atomic mass is 127. The van der Waals surface area contributed by atoms with Crippen molar-refractivity contribution in [2.45, 2.75) is 57.3 Å². The first-order chi connectivity index (χ1) is 15.6. The van der Waals surface area contributed by atoms with E-state index in [2.05, 4.69) is 43.3 Å². The maximum absolute atomic E-state index is 13.4. The Bertz CT molecular complexity index is 1180. The first-order valence-corrected chi connectivity index (χ1v) is 12.0. The number of halogens is 4. The zero-order valence-corrected chi connectivity index (χ0v) is 20.5. The molecule has 2 N–H and O–H groups in total. The summed E-state index contributed by atoms with van der Waals surface area (Å²) < 4.78 is 42.9. The van der Waals surface area contributed by atoms with Crippen LogP contribution in [-0.4, -0.2) is 32.8 Å². The first kappa shape index (κ1) is 23.8. The third-order valence-electron chi connectivity index (χ3n) is 5.92. The molecule has 1 aliphatic rings. The van der Waals surface area contributed by atoms with Crippen molar-refractivity contribution in [2.75, 3.05) is 5.32 Å². The Labute approximate surface area is 203 Å². The van der Waals surface area contributed by atoms with Crippen LogP contribution in [0.4, 0.5) is 18.9 Å². The Balaban J connectivity index is 1.53. The number of carbonyl (C=O) groups is 1. The minimum Gasteiger partial charge on any atom is -0.382 e. The van der Waals surface area contributed by atoms with Gasteiger partial charge in [0.1, 0.15) is 5.69 Å². The van der Waals surface area contributed by atoms with Gasteiger partial charge in [-0.1, -0.05) is 6.92 Å². The summed E-state index contributed by atoms with van der Waals surface area (Å²) in [7, 11) is 1.78. The highest BCUT2D eigenvalue weighted by Gasteiger charge is 2.34. The van der Waals surface area contributed by atoms with E-state index in [1.165, 1.54) is 0 Å². The molecule has 1 fully saturated rings. The van der Waals surface area contributed by atoms with E-state index in [9.17, 15) is 18.0 Å². The molecule has 0 unspecified atom stereocenters. The van der Waals surface area contributed by atoms with Crippen molar-refractivity contribution in [3.05, 3.63) is 51.0 Å². The van der Waals surface area contributed by atoms with Gasteiger partial charge in [0, 0.05) is 40.0 Å². The Hall–Kier alpha value is -2.37. The van der Waals surface area contributed by atoms with Gasteiger partial charge in [-0.05, 0) is 79.0 Å². The fraction of sp³-hybridized carbons (Fsp3) is 0.435. The van der Waals surface area contributed by atoms with E-state index >= 15 is 0 Å². The van der Waals surface area contributed by atoms with Crippen molar-refractivity contribution in [3.8, 4) is 0 Å². The van der Waals surface area contributed by atoms with Gasteiger partial charge < -0.3 is 10.6 Å². The van der Waals surface area contributed by atoms with Gasteiger partial charge in [0.25, 0.3) is 5.91 Å². The van der Waals surface area contributed by atoms with Crippen LogP contribution in [0.25, 0.3) is 10.9 Å². The third-order valence-corrected chi connectivity index (χ3v) is 6.59. The van der Waals surface area contributed by atoms with Crippen LogP contribution < -0.4 is 10.6 Å². The van der Waals surface area contributed by atoms with Crippen LogP contribution in [0.5, 0.6) is 0 Å². The van der Waals surface area contributed by atoms with Gasteiger partial charge in [0.05, 0.1) is 16.8 Å². The Kier molecular flexibility index (Phi) is 6.83. The predicted molar refractivity (Wildman–Crippen MR) is 129 cm³/mol. The van der Waals surface area contributed by atoms with E-state index in [1.54, 1.807) is 30.1 Å². The molecule has 2 aromatic heterocycles. The topological polar surface area (TPSA) is 71.8 Å². The zero-order valence-electron chi connectivity index (χ0n) is 18.3. The molecule has 1 saturated carbocycles. The number of pyridine rings is 1. The van der Waals surface area contributed by atoms with E-state index < -0.39 is 11.9 Å². The molecule has 176 valence electrons. The van der Waals surface area contributed by atoms with Crippen LogP contribution in [0.3, 0.4) is 0 Å². The lowest BCUT2D eigenvalue weighted by molar-refractivity contribution is -0.140. The smallest absolute Gasteiger partial charge is 0.382 e. The average molecular weight is 571 g/mol. The van der Waals surface area contributed by atoms with Gasteiger partial charge in [-0.2, -0.15) is 18.3 Å². The molecule has 1 amide bonds. The second-order valence-electron chi connectivity index (χ2n) is 8.41. The first-order valence-electron chi connectivity index (χ1n) is 10.9. The van der Waals surface area contributed by atoms with E-state index in [-0.39, 0.29) is 18.0 Å². The van der Waals surface area contributed by atoms with Crippen LogP contribution in [0.15, 0.2) is 30.5 Å². The standard InChI is InChI=1S/C23H25F3IN5O/c1-3-18-17(12-32(2)31-18)22(33)29-15-6-4-5-14(10-15)28-20-11-21(23(24,25)26)30-19-8-7-13(27)9-16(19)20/h7-9,11-12,14-15H,3-6,10H2,1-2H3,(H,28,30)(H,29,33)/t14-,15+/m0/s1. The molecular formula is C23H25F3IN5O. The van der Waals surface area contributed by atoms with E-state index in [4.69, 9.17) is 0 Å². The van der Waals surface area contributed by atoms with Crippen molar-refractivity contribution in [1.29, 1.82) is 0 Å². The molecular weight excluding hydrogens is 546 g/mol. The number of anilines is 1. The molecule has 0 saturated heterocycles. The molecule has 1 aliphatic carbocycles. The van der Waals surface area contributed by atoms with Gasteiger partial charge in [-0.25, -0.2) is 4.98 Å². The summed E-state index contributed by atoms with van der Waals surface area (Å²) in [6, 6.07) is 6.15. The second kappa shape index (κ2) is 9.47. The molecule has 4 rings (SSSR count). The van der Waals surface area contributed by atoms with Crippen molar-refractivity contribution < 1.29 is 18.0 Å². The SMILES string of the molecule is CCc1nn(C)cc1C(=O)N[C@@H]1CCC[C@H](Nc2cc(C(F)(F)F)nc3ccc(I)cc23)C1. The van der Waals surface area contributed by atoms with E-state index in [1.807, 2.05) is 13.0 Å². The fourth-order valence-corrected chi connectivity index (χ4v) is 4.87. The monoisotopic (exact) mass is 571 g/mol. The summed E-state index contributed by atoms with van der Waals surface area (Å²) in [5, 5.41) is 11.4. The van der Waals surface area contributed by atoms with Gasteiger partial charge in [-0.15, -0.1) is 0 Å². The molecule has 0 aliphatic heterocycles. The van der Waals surface area contributed by atoms with Gasteiger partial charge in [0.15, 0.2) is 0 Å². The highest BCUT2D eigenvalue weighted by Crippen LogP contribution is 2.35. The number of alkyl halides is 3. The molecule has 2 atom stereocenters. The molecule has 6 nitrogen and oxygen atoms in total. The Morgan fingerprint density at radius 3 is 2.73 bits per heavy atom. The molecule has 3 aromatic rings. The summed E-state index contributed by atoms with van der Waals surface area (Å²) in [6.45, 7) is 1.95. The molecule has 1 aromatic carbocycles. The number of fused-ring (bicyclic) bond motifs is 1. The maximum atomic E-state index is 13.4. The number of carbonyl (C=O) groups excluding carboxylic acids is 1. The molecule has 33 heavy (non-hydrogen) atoms. The van der Waals surface area contributed by atoms with Gasteiger partial charge >= 0.3 is 6.18 Å². The van der Waals surface area contributed by atoms with Crippen molar-refractivity contribution in [3.63, 3.8) is 0 Å². The number of nitrogens with zero attached hydrogens (tertiary/aromatic N) is 3. The molecule has 0 radical (unpaired) electrons. The van der Waals surface area contributed by atoms with Gasteiger partial charge in [0.2, 0.25) is 0 Å². The fourth-order valence-electron chi connectivity index (χ4n) is 4.38. The number of hydrogen-bond donors (Lipinski definition) is 2. The van der Waals surface area contributed by atoms with Crippen molar-refractivity contribution in [2.24, 2.45) is 7.05 Å². The summed E-state index contributed by atoms with van der Waals surface area (Å²) in [4.78, 5) is 16.6. The Morgan fingerprint density at radius 1 is 1.24 bits per heavy atom. The van der Waals surface area contributed by atoms with Crippen LogP contribution in [0.2, 0.25) is 0 Å². The third kappa shape index (κ3) is 5.42.